The number of hydrogen-bond donors (Lipinski definition) is 1. The minimum absolute atomic E-state index is 0.0460. The first kappa shape index (κ1) is 18.6. The molecule has 4 saturated carbocycles. The standard InChI is InChI=1S/C23H36O5/c1-20-6-3-16(24)13-15(20)14-22(25-9-10-26-22)19-17(20)4-7-21(2)18(19)5-8-23(21)27-11-12-28-23/h15-19,24H,3-14H2,1-2H3/t15-,16+,17+,18-,19-,20+,21+/m1/s1. The Hall–Kier alpha value is -0.200. The molecule has 1 N–H and O–H groups in total. The van der Waals surface area contributed by atoms with E-state index in [1.807, 2.05) is 0 Å². The van der Waals surface area contributed by atoms with Crippen molar-refractivity contribution in [1.82, 2.24) is 0 Å². The van der Waals surface area contributed by atoms with Crippen molar-refractivity contribution in [1.29, 1.82) is 0 Å². The van der Waals surface area contributed by atoms with Crippen molar-refractivity contribution in [2.45, 2.75) is 82.9 Å². The summed E-state index contributed by atoms with van der Waals surface area (Å²) in [5, 5.41) is 10.4. The summed E-state index contributed by atoms with van der Waals surface area (Å²) >= 11 is 0. The predicted octanol–water partition coefficient (Wildman–Crippen LogP) is 3.49. The van der Waals surface area contributed by atoms with Gasteiger partial charge in [-0.25, -0.2) is 0 Å². The van der Waals surface area contributed by atoms with Crippen molar-refractivity contribution in [2.75, 3.05) is 26.4 Å². The van der Waals surface area contributed by atoms with Gasteiger partial charge in [-0.3, -0.25) is 0 Å². The average Bonchev–Trinajstić information content (AvgIpc) is 3.39. The van der Waals surface area contributed by atoms with E-state index in [0.29, 0.717) is 42.3 Å². The molecule has 0 bridgehead atoms. The molecule has 5 heteroatoms. The summed E-state index contributed by atoms with van der Waals surface area (Å²) in [6, 6.07) is 0. The maximum absolute atomic E-state index is 10.4. The molecule has 6 fully saturated rings. The van der Waals surface area contributed by atoms with Gasteiger partial charge in [0.05, 0.1) is 32.5 Å². The van der Waals surface area contributed by atoms with Crippen LogP contribution in [0.5, 0.6) is 0 Å². The second kappa shape index (κ2) is 5.94. The average molecular weight is 393 g/mol. The lowest BCUT2D eigenvalue weighted by molar-refractivity contribution is -0.317. The molecule has 0 amide bonds. The Labute approximate surface area is 168 Å². The second-order valence-electron chi connectivity index (χ2n) is 11.0. The molecule has 0 radical (unpaired) electrons. The van der Waals surface area contributed by atoms with Gasteiger partial charge in [0.1, 0.15) is 0 Å². The summed E-state index contributed by atoms with van der Waals surface area (Å²) in [6.45, 7) is 7.80. The fourth-order valence-corrected chi connectivity index (χ4v) is 8.84. The summed E-state index contributed by atoms with van der Waals surface area (Å²) in [4.78, 5) is 0. The first-order valence-electron chi connectivity index (χ1n) is 11.7. The Balaban J connectivity index is 1.43. The molecule has 2 aliphatic heterocycles. The van der Waals surface area contributed by atoms with Crippen molar-refractivity contribution < 1.29 is 24.1 Å². The Morgan fingerprint density at radius 1 is 0.786 bits per heavy atom. The monoisotopic (exact) mass is 392 g/mol. The normalized spacial score (nSPS) is 53.9. The van der Waals surface area contributed by atoms with Crippen LogP contribution < -0.4 is 0 Å². The van der Waals surface area contributed by atoms with E-state index in [9.17, 15) is 5.11 Å². The third kappa shape index (κ3) is 2.16. The van der Waals surface area contributed by atoms with E-state index in [1.165, 1.54) is 12.8 Å². The molecule has 0 aromatic heterocycles. The number of hydrogen-bond acceptors (Lipinski definition) is 5. The van der Waals surface area contributed by atoms with Crippen LogP contribution in [0.25, 0.3) is 0 Å². The summed E-state index contributed by atoms with van der Waals surface area (Å²) in [6.07, 6.45) is 8.30. The molecule has 6 aliphatic rings. The Morgan fingerprint density at radius 2 is 1.46 bits per heavy atom. The zero-order valence-electron chi connectivity index (χ0n) is 17.5. The van der Waals surface area contributed by atoms with Gasteiger partial charge in [0.2, 0.25) is 0 Å². The van der Waals surface area contributed by atoms with E-state index in [-0.39, 0.29) is 17.3 Å². The molecule has 4 aliphatic carbocycles. The van der Waals surface area contributed by atoms with Crippen LogP contribution in [0, 0.1) is 34.5 Å². The van der Waals surface area contributed by atoms with Gasteiger partial charge in [-0.2, -0.15) is 0 Å². The molecule has 28 heavy (non-hydrogen) atoms. The molecule has 0 aromatic carbocycles. The molecule has 5 nitrogen and oxygen atoms in total. The second-order valence-corrected chi connectivity index (χ2v) is 11.0. The third-order valence-corrected chi connectivity index (χ3v) is 10.2. The topological polar surface area (TPSA) is 57.2 Å². The number of ether oxygens (including phenoxy) is 4. The number of fused-ring (bicyclic) bond motifs is 7. The molecule has 0 aromatic rings. The predicted molar refractivity (Wildman–Crippen MR) is 102 cm³/mol. The highest BCUT2D eigenvalue weighted by atomic mass is 16.7. The van der Waals surface area contributed by atoms with Crippen LogP contribution in [0.3, 0.4) is 0 Å². The van der Waals surface area contributed by atoms with Gasteiger partial charge in [0.25, 0.3) is 0 Å². The van der Waals surface area contributed by atoms with Gasteiger partial charge in [-0.05, 0) is 61.7 Å². The van der Waals surface area contributed by atoms with Gasteiger partial charge in [0, 0.05) is 24.2 Å². The van der Waals surface area contributed by atoms with Crippen molar-refractivity contribution in [2.24, 2.45) is 34.5 Å². The molecular weight excluding hydrogens is 356 g/mol. The molecule has 7 atom stereocenters. The zero-order chi connectivity index (χ0) is 19.2. The molecule has 6 rings (SSSR count). The summed E-state index contributed by atoms with van der Waals surface area (Å²) in [5.41, 5.74) is 0.337. The van der Waals surface area contributed by atoms with Crippen LogP contribution in [0.15, 0.2) is 0 Å². The summed E-state index contributed by atoms with van der Waals surface area (Å²) < 4.78 is 25.6. The van der Waals surface area contributed by atoms with Crippen LogP contribution in [0.2, 0.25) is 0 Å². The summed E-state index contributed by atoms with van der Waals surface area (Å²) in [5.74, 6) is 1.19. The van der Waals surface area contributed by atoms with E-state index in [2.05, 4.69) is 13.8 Å². The van der Waals surface area contributed by atoms with Crippen LogP contribution in [-0.2, 0) is 18.9 Å². The number of aliphatic hydroxyl groups excluding tert-OH is 1. The van der Waals surface area contributed by atoms with Gasteiger partial charge in [0.15, 0.2) is 11.6 Å². The molecule has 2 heterocycles. The first-order chi connectivity index (χ1) is 13.4. The van der Waals surface area contributed by atoms with Crippen molar-refractivity contribution in [3.8, 4) is 0 Å². The smallest absolute Gasteiger partial charge is 0.174 e. The van der Waals surface area contributed by atoms with Crippen LogP contribution in [0.1, 0.15) is 65.2 Å². The van der Waals surface area contributed by atoms with Crippen molar-refractivity contribution in [3.05, 3.63) is 0 Å². The largest absolute Gasteiger partial charge is 0.393 e. The highest BCUT2D eigenvalue weighted by molar-refractivity contribution is 5.16. The molecule has 158 valence electrons. The lowest BCUT2D eigenvalue weighted by atomic mass is 9.43. The lowest BCUT2D eigenvalue weighted by Gasteiger charge is -2.65. The molecule has 0 unspecified atom stereocenters. The zero-order valence-corrected chi connectivity index (χ0v) is 17.5. The van der Waals surface area contributed by atoms with Crippen molar-refractivity contribution >= 4 is 0 Å². The Kier molecular flexibility index (Phi) is 3.94. The van der Waals surface area contributed by atoms with Crippen LogP contribution in [-0.4, -0.2) is 49.2 Å². The fraction of sp³-hybridized carbons (Fsp3) is 1.00. The van der Waals surface area contributed by atoms with Crippen LogP contribution >= 0.6 is 0 Å². The van der Waals surface area contributed by atoms with E-state index < -0.39 is 5.79 Å². The molecule has 2 saturated heterocycles. The van der Waals surface area contributed by atoms with Gasteiger partial charge >= 0.3 is 0 Å². The Bertz CT molecular complexity index is 639. The minimum Gasteiger partial charge on any atom is -0.393 e. The Morgan fingerprint density at radius 3 is 2.21 bits per heavy atom. The quantitative estimate of drug-likeness (QED) is 0.684. The maximum atomic E-state index is 10.4. The van der Waals surface area contributed by atoms with E-state index in [1.54, 1.807) is 0 Å². The van der Waals surface area contributed by atoms with Crippen LogP contribution in [0.4, 0.5) is 0 Å². The van der Waals surface area contributed by atoms with E-state index >= 15 is 0 Å². The first-order valence-corrected chi connectivity index (χ1v) is 11.7. The fourth-order valence-electron chi connectivity index (χ4n) is 8.84. The van der Waals surface area contributed by atoms with E-state index in [0.717, 1.165) is 51.7 Å². The number of rotatable bonds is 0. The van der Waals surface area contributed by atoms with Gasteiger partial charge in [-0.1, -0.05) is 13.8 Å². The SMILES string of the molecule is C[C@]12CC[C@H](O)C[C@@H]1CC1(OCCO1)[C@H]1[C@H]3CCC4(OCCO4)[C@@]3(C)CC[C@@H]12. The minimum atomic E-state index is -0.456. The third-order valence-electron chi connectivity index (χ3n) is 10.2. The highest BCUT2D eigenvalue weighted by Crippen LogP contribution is 2.72. The summed E-state index contributed by atoms with van der Waals surface area (Å²) in [7, 11) is 0. The van der Waals surface area contributed by atoms with Gasteiger partial charge < -0.3 is 24.1 Å². The lowest BCUT2D eigenvalue weighted by Crippen LogP contribution is -2.65. The molecule has 2 spiro atoms. The maximum Gasteiger partial charge on any atom is 0.174 e. The van der Waals surface area contributed by atoms with Crippen molar-refractivity contribution in [3.63, 3.8) is 0 Å². The number of aliphatic hydroxyl groups is 1. The van der Waals surface area contributed by atoms with E-state index in [4.69, 9.17) is 18.9 Å². The molecular formula is C23H36O5. The van der Waals surface area contributed by atoms with Gasteiger partial charge in [-0.15, -0.1) is 0 Å². The highest BCUT2D eigenvalue weighted by Gasteiger charge is 2.72.